The molecule has 0 saturated heterocycles. The summed E-state index contributed by atoms with van der Waals surface area (Å²) in [6, 6.07) is 8.32. The zero-order chi connectivity index (χ0) is 19.7. The van der Waals surface area contributed by atoms with Crippen molar-refractivity contribution in [1.29, 1.82) is 0 Å². The van der Waals surface area contributed by atoms with Gasteiger partial charge in [0.1, 0.15) is 0 Å². The maximum absolute atomic E-state index is 12.5. The molecule has 0 aliphatic heterocycles. The quantitative estimate of drug-likeness (QED) is 0.452. The largest absolute Gasteiger partial charge is 0.336 e. The molecule has 3 N–H and O–H groups in total. The van der Waals surface area contributed by atoms with Crippen molar-refractivity contribution < 1.29 is 4.79 Å². The molecule has 9 heteroatoms. The smallest absolute Gasteiger partial charge is 0.239 e. The standard InChI is InChI=1S/C19H22N6OS2/c1-3-12-4-6-13(7-5-12)15-10-27-18(21-15)22-17(26)11(2)28-19-24-23-16(25(19)20)14-8-9-14/h4-7,10-11,14H,3,8-9,20H2,1-2H3,(H,21,22,26)/t11-/m0/s1. The van der Waals surface area contributed by atoms with E-state index in [1.165, 1.54) is 33.3 Å². The van der Waals surface area contributed by atoms with Gasteiger partial charge in [-0.05, 0) is 31.7 Å². The molecule has 0 spiro atoms. The number of carbonyl (C=O) groups excluding carboxylic acids is 1. The zero-order valence-corrected chi connectivity index (χ0v) is 17.4. The monoisotopic (exact) mass is 414 g/mol. The first kappa shape index (κ1) is 18.9. The summed E-state index contributed by atoms with van der Waals surface area (Å²) in [5.74, 6) is 7.14. The molecule has 28 heavy (non-hydrogen) atoms. The molecule has 1 aliphatic carbocycles. The van der Waals surface area contributed by atoms with E-state index in [1.807, 2.05) is 12.3 Å². The van der Waals surface area contributed by atoms with Crippen molar-refractivity contribution in [2.75, 3.05) is 11.2 Å². The Balaban J connectivity index is 1.38. The first-order valence-corrected chi connectivity index (χ1v) is 11.0. The predicted molar refractivity (Wildman–Crippen MR) is 113 cm³/mol. The highest BCUT2D eigenvalue weighted by Gasteiger charge is 2.30. The number of nitrogens with one attached hydrogen (secondary N) is 1. The Morgan fingerprint density at radius 1 is 1.36 bits per heavy atom. The first-order chi connectivity index (χ1) is 13.5. The van der Waals surface area contributed by atoms with Crippen LogP contribution in [0.25, 0.3) is 11.3 Å². The maximum Gasteiger partial charge on any atom is 0.239 e. The van der Waals surface area contributed by atoms with E-state index in [2.05, 4.69) is 51.7 Å². The molecular weight excluding hydrogens is 392 g/mol. The number of carbonyl (C=O) groups is 1. The fourth-order valence-electron chi connectivity index (χ4n) is 2.78. The highest BCUT2D eigenvalue weighted by molar-refractivity contribution is 8.00. The molecule has 7 nitrogen and oxygen atoms in total. The van der Waals surface area contributed by atoms with Gasteiger partial charge in [-0.2, -0.15) is 0 Å². The lowest BCUT2D eigenvalue weighted by Gasteiger charge is -2.09. The van der Waals surface area contributed by atoms with Gasteiger partial charge in [0.2, 0.25) is 11.1 Å². The number of nitrogens with two attached hydrogens (primary N) is 1. The molecule has 4 rings (SSSR count). The lowest BCUT2D eigenvalue weighted by Crippen LogP contribution is -2.23. The summed E-state index contributed by atoms with van der Waals surface area (Å²) in [4.78, 5) is 17.1. The van der Waals surface area contributed by atoms with Gasteiger partial charge in [0, 0.05) is 16.9 Å². The Labute approximate surface area is 171 Å². The van der Waals surface area contributed by atoms with Gasteiger partial charge in [-0.25, -0.2) is 9.66 Å². The molecular formula is C19H22N6OS2. The van der Waals surface area contributed by atoms with Crippen LogP contribution in [0.3, 0.4) is 0 Å². The number of benzene rings is 1. The zero-order valence-electron chi connectivity index (χ0n) is 15.8. The summed E-state index contributed by atoms with van der Waals surface area (Å²) < 4.78 is 1.51. The minimum absolute atomic E-state index is 0.136. The summed E-state index contributed by atoms with van der Waals surface area (Å²) in [5, 5.41) is 13.9. The molecule has 3 aromatic rings. The fraction of sp³-hybridized carbons (Fsp3) is 0.368. The summed E-state index contributed by atoms with van der Waals surface area (Å²) in [6.45, 7) is 3.95. The number of anilines is 1. The second kappa shape index (κ2) is 7.92. The van der Waals surface area contributed by atoms with Crippen LogP contribution in [0.5, 0.6) is 0 Å². The normalized spacial score (nSPS) is 14.8. The summed E-state index contributed by atoms with van der Waals surface area (Å²) in [5.41, 5.74) is 3.19. The maximum atomic E-state index is 12.5. The minimum Gasteiger partial charge on any atom is -0.336 e. The van der Waals surface area contributed by atoms with Crippen LogP contribution in [-0.4, -0.2) is 31.0 Å². The molecule has 146 valence electrons. The third kappa shape index (κ3) is 4.05. The van der Waals surface area contributed by atoms with Crippen molar-refractivity contribution in [2.24, 2.45) is 0 Å². The predicted octanol–water partition coefficient (Wildman–Crippen LogP) is 3.67. The van der Waals surface area contributed by atoms with Crippen LogP contribution in [0.15, 0.2) is 34.8 Å². The van der Waals surface area contributed by atoms with E-state index in [4.69, 9.17) is 5.84 Å². The second-order valence-corrected chi connectivity index (χ2v) is 8.99. The number of nitrogens with zero attached hydrogens (tertiary/aromatic N) is 4. The van der Waals surface area contributed by atoms with E-state index in [9.17, 15) is 4.79 Å². The van der Waals surface area contributed by atoms with E-state index in [0.717, 1.165) is 36.3 Å². The van der Waals surface area contributed by atoms with Crippen molar-refractivity contribution in [3.8, 4) is 11.3 Å². The third-order valence-corrected chi connectivity index (χ3v) is 6.49. The lowest BCUT2D eigenvalue weighted by atomic mass is 10.1. The van der Waals surface area contributed by atoms with Gasteiger partial charge in [-0.15, -0.1) is 21.5 Å². The summed E-state index contributed by atoms with van der Waals surface area (Å²) >= 11 is 2.72. The minimum atomic E-state index is -0.366. The lowest BCUT2D eigenvalue weighted by molar-refractivity contribution is -0.115. The van der Waals surface area contributed by atoms with Gasteiger partial charge in [0.05, 0.1) is 10.9 Å². The second-order valence-electron chi connectivity index (χ2n) is 6.82. The number of thiazole rings is 1. The number of hydrogen-bond donors (Lipinski definition) is 2. The van der Waals surface area contributed by atoms with E-state index < -0.39 is 0 Å². The topological polar surface area (TPSA) is 98.7 Å². The number of amides is 1. The Bertz CT molecular complexity index is 977. The van der Waals surface area contributed by atoms with Gasteiger partial charge in [-0.3, -0.25) is 4.79 Å². The van der Waals surface area contributed by atoms with Crippen LogP contribution in [0.2, 0.25) is 0 Å². The van der Waals surface area contributed by atoms with Gasteiger partial charge >= 0.3 is 0 Å². The van der Waals surface area contributed by atoms with Crippen LogP contribution in [-0.2, 0) is 11.2 Å². The molecule has 1 aromatic carbocycles. The van der Waals surface area contributed by atoms with Crippen molar-refractivity contribution in [3.05, 3.63) is 41.0 Å². The Morgan fingerprint density at radius 2 is 2.11 bits per heavy atom. The number of hydrogen-bond acceptors (Lipinski definition) is 7. The Morgan fingerprint density at radius 3 is 2.79 bits per heavy atom. The van der Waals surface area contributed by atoms with Gasteiger partial charge in [-0.1, -0.05) is 43.0 Å². The first-order valence-electron chi connectivity index (χ1n) is 9.28. The molecule has 0 radical (unpaired) electrons. The molecule has 2 aromatic heterocycles. The van der Waals surface area contributed by atoms with E-state index in [1.54, 1.807) is 0 Å². The SMILES string of the molecule is CCc1ccc(-c2csc(NC(=O)[C@H](C)Sc3nnc(C4CC4)n3N)n2)cc1. The van der Waals surface area contributed by atoms with Crippen molar-refractivity contribution in [2.45, 2.75) is 49.4 Å². The van der Waals surface area contributed by atoms with Crippen molar-refractivity contribution in [3.63, 3.8) is 0 Å². The van der Waals surface area contributed by atoms with E-state index in [-0.39, 0.29) is 11.2 Å². The molecule has 0 bridgehead atoms. The number of nitrogen functional groups attached to an aromatic ring is 1. The molecule has 1 amide bonds. The van der Waals surface area contributed by atoms with E-state index >= 15 is 0 Å². The van der Waals surface area contributed by atoms with Crippen LogP contribution in [0.4, 0.5) is 5.13 Å². The Kier molecular flexibility index (Phi) is 5.36. The molecule has 1 fully saturated rings. The van der Waals surface area contributed by atoms with Crippen LogP contribution in [0.1, 0.15) is 44.0 Å². The van der Waals surface area contributed by atoms with Gasteiger partial charge < -0.3 is 11.2 Å². The molecule has 1 aliphatic rings. The highest BCUT2D eigenvalue weighted by Crippen LogP contribution is 2.39. The summed E-state index contributed by atoms with van der Waals surface area (Å²) in [6.07, 6.45) is 3.21. The molecule has 2 heterocycles. The molecule has 1 saturated carbocycles. The Hall–Kier alpha value is -2.39. The number of aromatic nitrogens is 4. The van der Waals surface area contributed by atoms with Crippen LogP contribution >= 0.6 is 23.1 Å². The summed E-state index contributed by atoms with van der Waals surface area (Å²) in [7, 11) is 0. The van der Waals surface area contributed by atoms with Gasteiger partial charge in [0.25, 0.3) is 0 Å². The third-order valence-electron chi connectivity index (χ3n) is 4.68. The average Bonchev–Trinajstić information content (AvgIpc) is 3.34. The number of aryl methyl sites for hydroxylation is 1. The van der Waals surface area contributed by atoms with Crippen LogP contribution < -0.4 is 11.2 Å². The highest BCUT2D eigenvalue weighted by atomic mass is 32.2. The number of rotatable bonds is 7. The van der Waals surface area contributed by atoms with Gasteiger partial charge in [0.15, 0.2) is 11.0 Å². The van der Waals surface area contributed by atoms with E-state index in [0.29, 0.717) is 16.2 Å². The van der Waals surface area contributed by atoms with Crippen molar-refractivity contribution >= 4 is 34.1 Å². The van der Waals surface area contributed by atoms with Crippen LogP contribution in [0, 0.1) is 0 Å². The average molecular weight is 415 g/mol. The fourth-order valence-corrected chi connectivity index (χ4v) is 4.28. The number of thioether (sulfide) groups is 1. The molecule has 0 unspecified atom stereocenters. The van der Waals surface area contributed by atoms with Crippen molar-refractivity contribution in [1.82, 2.24) is 19.9 Å². The molecule has 1 atom stereocenters.